The van der Waals surface area contributed by atoms with Crippen LogP contribution in [-0.4, -0.2) is 27.4 Å². The topological polar surface area (TPSA) is 63.6 Å². The molecule has 0 radical (unpaired) electrons. The normalized spacial score (nSPS) is 12.7. The number of carboxylic acids is 1. The highest BCUT2D eigenvalue weighted by molar-refractivity contribution is 6.48. The van der Waals surface area contributed by atoms with Crippen LogP contribution in [0.15, 0.2) is 0 Å². The van der Waals surface area contributed by atoms with Crippen molar-refractivity contribution in [1.82, 2.24) is 0 Å². The molecule has 0 aromatic heterocycles. The highest BCUT2D eigenvalue weighted by atomic mass is 35.5. The first-order chi connectivity index (χ1) is 4.95. The predicted molar refractivity (Wildman–Crippen MR) is 38.9 cm³/mol. The van der Waals surface area contributed by atoms with Crippen LogP contribution in [0.5, 0.6) is 0 Å². The Bertz CT molecular complexity index is 169. The Morgan fingerprint density at radius 1 is 1.27 bits per heavy atom. The number of carbonyl (C=O) groups excluding carboxylic acids is 1. The Morgan fingerprint density at radius 3 is 2.00 bits per heavy atom. The molecular formula is C4H3Cl3O4. The van der Waals surface area contributed by atoms with E-state index in [1.807, 2.05) is 0 Å². The van der Waals surface area contributed by atoms with E-state index in [1.54, 1.807) is 0 Å². The van der Waals surface area contributed by atoms with Crippen LogP contribution < -0.4 is 0 Å². The quantitative estimate of drug-likeness (QED) is 0.429. The average Bonchev–Trinajstić information content (AvgIpc) is 1.87. The molecule has 0 saturated heterocycles. The van der Waals surface area contributed by atoms with Crippen molar-refractivity contribution in [2.24, 2.45) is 0 Å². The van der Waals surface area contributed by atoms with E-state index in [-0.39, 0.29) is 0 Å². The number of hydrogen-bond donors (Lipinski definition) is 1. The third-order valence-corrected chi connectivity index (χ3v) is 1.65. The molecule has 64 valence electrons. The van der Waals surface area contributed by atoms with Gasteiger partial charge in [0.2, 0.25) is 5.56 Å². The standard InChI is InChI=1S/C4H3Cl3O4/c5-1(6)2(7)11-4(10)3(8)9/h1-2H,(H,8,9). The minimum Gasteiger partial charge on any atom is -0.473 e. The van der Waals surface area contributed by atoms with Gasteiger partial charge in [-0.25, -0.2) is 9.59 Å². The Morgan fingerprint density at radius 2 is 1.73 bits per heavy atom. The van der Waals surface area contributed by atoms with Crippen molar-refractivity contribution in [1.29, 1.82) is 0 Å². The minimum absolute atomic E-state index is 1.15. The van der Waals surface area contributed by atoms with Crippen molar-refractivity contribution in [2.75, 3.05) is 0 Å². The zero-order valence-corrected chi connectivity index (χ0v) is 7.23. The number of ether oxygens (including phenoxy) is 1. The summed E-state index contributed by atoms with van der Waals surface area (Å²) < 4.78 is 4.04. The average molecular weight is 221 g/mol. The highest BCUT2D eigenvalue weighted by Crippen LogP contribution is 2.15. The molecule has 0 spiro atoms. The second kappa shape index (κ2) is 4.64. The number of aliphatic carboxylic acids is 1. The van der Waals surface area contributed by atoms with Gasteiger partial charge in [0.1, 0.15) is 0 Å². The molecule has 0 aromatic carbocycles. The van der Waals surface area contributed by atoms with Gasteiger partial charge in [0.05, 0.1) is 0 Å². The summed E-state index contributed by atoms with van der Waals surface area (Å²) in [7, 11) is 0. The van der Waals surface area contributed by atoms with Gasteiger partial charge in [-0.2, -0.15) is 0 Å². The number of carboxylic acid groups (broad SMARTS) is 1. The summed E-state index contributed by atoms with van der Waals surface area (Å²) in [5.74, 6) is -3.24. The predicted octanol–water partition coefficient (Wildman–Crippen LogP) is 0.983. The molecule has 0 aliphatic heterocycles. The van der Waals surface area contributed by atoms with Crippen LogP contribution in [-0.2, 0) is 14.3 Å². The molecule has 0 amide bonds. The summed E-state index contributed by atoms with van der Waals surface area (Å²) in [5.41, 5.74) is -1.35. The SMILES string of the molecule is O=C(O)C(=O)OC(Cl)C(Cl)Cl. The van der Waals surface area contributed by atoms with Crippen molar-refractivity contribution < 1.29 is 19.4 Å². The molecule has 1 N–H and O–H groups in total. The van der Waals surface area contributed by atoms with Crippen LogP contribution in [0.3, 0.4) is 0 Å². The lowest BCUT2D eigenvalue weighted by atomic mass is 10.7. The van der Waals surface area contributed by atoms with E-state index in [1.165, 1.54) is 0 Å². The zero-order valence-electron chi connectivity index (χ0n) is 4.96. The molecule has 4 nitrogen and oxygen atoms in total. The minimum atomic E-state index is -1.75. The molecule has 0 bridgehead atoms. The fourth-order valence-corrected chi connectivity index (χ4v) is 0.388. The molecule has 1 unspecified atom stereocenters. The van der Waals surface area contributed by atoms with Crippen LogP contribution in [0, 0.1) is 0 Å². The molecule has 7 heteroatoms. The zero-order chi connectivity index (χ0) is 9.02. The van der Waals surface area contributed by atoms with Crippen LogP contribution in [0.25, 0.3) is 0 Å². The lowest BCUT2D eigenvalue weighted by Crippen LogP contribution is -2.24. The lowest BCUT2D eigenvalue weighted by Gasteiger charge is -2.08. The van der Waals surface area contributed by atoms with E-state index in [2.05, 4.69) is 4.74 Å². The van der Waals surface area contributed by atoms with E-state index in [9.17, 15) is 9.59 Å². The largest absolute Gasteiger partial charge is 0.473 e. The molecule has 0 aliphatic carbocycles. The Balaban J connectivity index is 3.85. The summed E-state index contributed by atoms with van der Waals surface area (Å²) >= 11 is 15.5. The lowest BCUT2D eigenvalue weighted by molar-refractivity contribution is -0.164. The van der Waals surface area contributed by atoms with E-state index in [0.717, 1.165) is 0 Å². The molecule has 1 atom stereocenters. The maximum absolute atomic E-state index is 10.2. The molecule has 0 aliphatic rings. The number of alkyl halides is 3. The molecule has 11 heavy (non-hydrogen) atoms. The van der Waals surface area contributed by atoms with Crippen molar-refractivity contribution in [3.63, 3.8) is 0 Å². The highest BCUT2D eigenvalue weighted by Gasteiger charge is 2.22. The van der Waals surface area contributed by atoms with Crippen molar-refractivity contribution >= 4 is 46.7 Å². The Labute approximate surface area is 77.0 Å². The molecule has 0 heterocycles. The van der Waals surface area contributed by atoms with Gasteiger partial charge in [0, 0.05) is 0 Å². The fourth-order valence-electron chi connectivity index (χ4n) is 0.204. The first kappa shape index (κ1) is 10.8. The van der Waals surface area contributed by atoms with Gasteiger partial charge in [-0.1, -0.05) is 34.8 Å². The number of hydrogen-bond acceptors (Lipinski definition) is 3. The number of rotatable bonds is 2. The Kier molecular flexibility index (Phi) is 4.56. The van der Waals surface area contributed by atoms with Crippen LogP contribution in [0.4, 0.5) is 0 Å². The van der Waals surface area contributed by atoms with Gasteiger partial charge in [-0.3, -0.25) is 0 Å². The Hall–Kier alpha value is -0.190. The smallest absolute Gasteiger partial charge is 0.418 e. The molecular weight excluding hydrogens is 218 g/mol. The third-order valence-electron chi connectivity index (χ3n) is 0.592. The first-order valence-corrected chi connectivity index (χ1v) is 3.62. The summed E-state index contributed by atoms with van der Waals surface area (Å²) in [6.07, 6.45) is 0. The molecule has 0 rings (SSSR count). The van der Waals surface area contributed by atoms with Gasteiger partial charge in [0.25, 0.3) is 0 Å². The van der Waals surface area contributed by atoms with Crippen LogP contribution >= 0.6 is 34.8 Å². The maximum atomic E-state index is 10.2. The second-order valence-corrected chi connectivity index (χ2v) is 2.99. The second-order valence-electron chi connectivity index (χ2n) is 1.40. The summed E-state index contributed by atoms with van der Waals surface area (Å²) in [4.78, 5) is 18.9. The summed E-state index contributed by atoms with van der Waals surface area (Å²) in [6.45, 7) is 0. The van der Waals surface area contributed by atoms with E-state index in [0.29, 0.717) is 0 Å². The van der Waals surface area contributed by atoms with Gasteiger partial charge in [-0.05, 0) is 0 Å². The van der Waals surface area contributed by atoms with Gasteiger partial charge in [-0.15, -0.1) is 0 Å². The van der Waals surface area contributed by atoms with Crippen molar-refractivity contribution in [3.05, 3.63) is 0 Å². The fraction of sp³-hybridized carbons (Fsp3) is 0.500. The monoisotopic (exact) mass is 220 g/mol. The van der Waals surface area contributed by atoms with Gasteiger partial charge < -0.3 is 9.84 Å². The van der Waals surface area contributed by atoms with Gasteiger partial charge >= 0.3 is 11.9 Å². The summed E-state index contributed by atoms with van der Waals surface area (Å²) in [5, 5.41) is 7.99. The summed E-state index contributed by atoms with van der Waals surface area (Å²) in [6, 6.07) is 0. The molecule has 0 saturated carbocycles. The number of carbonyl (C=O) groups is 2. The van der Waals surface area contributed by atoms with Crippen molar-refractivity contribution in [2.45, 2.75) is 10.4 Å². The molecule has 0 aromatic rings. The third kappa shape index (κ3) is 4.29. The maximum Gasteiger partial charge on any atom is 0.418 e. The number of halogens is 3. The van der Waals surface area contributed by atoms with Crippen LogP contribution in [0.2, 0.25) is 0 Å². The van der Waals surface area contributed by atoms with Crippen molar-refractivity contribution in [3.8, 4) is 0 Å². The van der Waals surface area contributed by atoms with Crippen LogP contribution in [0.1, 0.15) is 0 Å². The van der Waals surface area contributed by atoms with E-state index < -0.39 is 22.3 Å². The molecule has 0 fully saturated rings. The van der Waals surface area contributed by atoms with E-state index in [4.69, 9.17) is 39.9 Å². The first-order valence-electron chi connectivity index (χ1n) is 2.31. The van der Waals surface area contributed by atoms with E-state index >= 15 is 0 Å². The number of esters is 1. The van der Waals surface area contributed by atoms with Gasteiger partial charge in [0.15, 0.2) is 4.84 Å².